The van der Waals surface area contributed by atoms with E-state index in [9.17, 15) is 0 Å². The number of benzene rings is 1. The molecule has 1 heterocycles. The summed E-state index contributed by atoms with van der Waals surface area (Å²) in [6.45, 7) is 11.9. The van der Waals surface area contributed by atoms with E-state index in [4.69, 9.17) is 0 Å². The van der Waals surface area contributed by atoms with Crippen LogP contribution in [0.1, 0.15) is 45.6 Å². The van der Waals surface area contributed by atoms with Crippen molar-refractivity contribution in [3.8, 4) is 0 Å². The number of nitrogens with zero attached hydrogens (tertiary/aromatic N) is 1. The molecule has 0 radical (unpaired) electrons. The van der Waals surface area contributed by atoms with Gasteiger partial charge < -0.3 is 10.2 Å². The molecule has 0 aromatic heterocycles. The van der Waals surface area contributed by atoms with Gasteiger partial charge in [-0.15, -0.1) is 0 Å². The van der Waals surface area contributed by atoms with Crippen molar-refractivity contribution in [2.45, 2.75) is 45.4 Å². The molecule has 0 spiro atoms. The Balaban J connectivity index is 2.09. The molecule has 1 aromatic rings. The van der Waals surface area contributed by atoms with E-state index in [-0.39, 0.29) is 5.41 Å². The van der Waals surface area contributed by atoms with Crippen molar-refractivity contribution in [1.29, 1.82) is 0 Å². The van der Waals surface area contributed by atoms with Crippen molar-refractivity contribution in [3.63, 3.8) is 0 Å². The largest absolute Gasteiger partial charge is 0.319 e. The second-order valence-electron chi connectivity index (χ2n) is 7.75. The molecule has 1 aliphatic heterocycles. The van der Waals surface area contributed by atoms with Crippen molar-refractivity contribution in [3.05, 3.63) is 35.9 Å². The summed E-state index contributed by atoms with van der Waals surface area (Å²) in [6.07, 6.45) is 4.01. The molecule has 2 nitrogen and oxygen atoms in total. The maximum Gasteiger partial charge on any atom is 0.0176 e. The van der Waals surface area contributed by atoms with Gasteiger partial charge in [0.05, 0.1) is 0 Å². The average molecular weight is 288 g/mol. The first-order chi connectivity index (χ1) is 9.95. The molecule has 118 valence electrons. The van der Waals surface area contributed by atoms with Gasteiger partial charge in [0.15, 0.2) is 0 Å². The van der Waals surface area contributed by atoms with Crippen molar-refractivity contribution in [2.24, 2.45) is 5.41 Å². The molecular weight excluding hydrogens is 256 g/mol. The second kappa shape index (κ2) is 6.93. The molecule has 1 unspecified atom stereocenters. The highest BCUT2D eigenvalue weighted by atomic mass is 15.1. The van der Waals surface area contributed by atoms with Gasteiger partial charge >= 0.3 is 0 Å². The minimum absolute atomic E-state index is 0.185. The smallest absolute Gasteiger partial charge is 0.0176 e. The van der Waals surface area contributed by atoms with Crippen LogP contribution in [0.4, 0.5) is 0 Å². The fourth-order valence-electron chi connectivity index (χ4n) is 3.61. The lowest BCUT2D eigenvalue weighted by molar-refractivity contribution is 0.210. The third kappa shape index (κ3) is 4.55. The maximum absolute atomic E-state index is 3.40. The number of hydrogen-bond acceptors (Lipinski definition) is 2. The Morgan fingerprint density at radius 1 is 1.14 bits per heavy atom. The van der Waals surface area contributed by atoms with Gasteiger partial charge in [-0.25, -0.2) is 0 Å². The SMILES string of the molecule is CNCC(C)(CN1CCCC(C)(C)CC1)c1ccccc1. The molecule has 2 rings (SSSR count). The van der Waals surface area contributed by atoms with E-state index < -0.39 is 0 Å². The summed E-state index contributed by atoms with van der Waals surface area (Å²) < 4.78 is 0. The van der Waals surface area contributed by atoms with Crippen LogP contribution in [0.5, 0.6) is 0 Å². The molecule has 1 aliphatic rings. The van der Waals surface area contributed by atoms with Crippen molar-refractivity contribution < 1.29 is 0 Å². The van der Waals surface area contributed by atoms with Crippen LogP contribution < -0.4 is 5.32 Å². The highest BCUT2D eigenvalue weighted by molar-refractivity contribution is 5.25. The Morgan fingerprint density at radius 2 is 1.86 bits per heavy atom. The van der Waals surface area contributed by atoms with Crippen molar-refractivity contribution in [2.75, 3.05) is 33.2 Å². The predicted molar refractivity (Wildman–Crippen MR) is 91.8 cm³/mol. The zero-order valence-electron chi connectivity index (χ0n) is 14.3. The molecule has 0 saturated carbocycles. The Bertz CT molecular complexity index is 426. The lowest BCUT2D eigenvalue weighted by Crippen LogP contribution is -2.45. The Kier molecular flexibility index (Phi) is 5.45. The molecule has 0 amide bonds. The highest BCUT2D eigenvalue weighted by Crippen LogP contribution is 2.32. The summed E-state index contributed by atoms with van der Waals surface area (Å²) in [6, 6.07) is 11.0. The first-order valence-electron chi connectivity index (χ1n) is 8.38. The van der Waals surface area contributed by atoms with Gasteiger partial charge in [0.2, 0.25) is 0 Å². The standard InChI is InChI=1S/C19H32N2/c1-18(2)11-8-13-21(14-12-18)16-19(3,15-20-4)17-9-6-5-7-10-17/h5-7,9-10,20H,8,11-16H2,1-4H3. The van der Waals surface area contributed by atoms with E-state index in [0.717, 1.165) is 13.1 Å². The quantitative estimate of drug-likeness (QED) is 0.889. The number of hydrogen-bond donors (Lipinski definition) is 1. The van der Waals surface area contributed by atoms with E-state index in [1.165, 1.54) is 37.9 Å². The van der Waals surface area contributed by atoms with Crippen LogP contribution in [-0.4, -0.2) is 38.1 Å². The first-order valence-corrected chi connectivity index (χ1v) is 8.38. The topological polar surface area (TPSA) is 15.3 Å². The molecule has 21 heavy (non-hydrogen) atoms. The highest BCUT2D eigenvalue weighted by Gasteiger charge is 2.31. The summed E-state index contributed by atoms with van der Waals surface area (Å²) in [5.41, 5.74) is 2.15. The minimum Gasteiger partial charge on any atom is -0.319 e. The van der Waals surface area contributed by atoms with E-state index in [2.05, 4.69) is 68.4 Å². The molecule has 1 saturated heterocycles. The Morgan fingerprint density at radius 3 is 2.52 bits per heavy atom. The number of rotatable bonds is 5. The van der Waals surface area contributed by atoms with Crippen LogP contribution in [0.25, 0.3) is 0 Å². The fraction of sp³-hybridized carbons (Fsp3) is 0.684. The maximum atomic E-state index is 3.40. The van der Waals surface area contributed by atoms with Crippen molar-refractivity contribution >= 4 is 0 Å². The fourth-order valence-corrected chi connectivity index (χ4v) is 3.61. The van der Waals surface area contributed by atoms with Gasteiger partial charge in [-0.1, -0.05) is 51.1 Å². The molecule has 1 N–H and O–H groups in total. The summed E-state index contributed by atoms with van der Waals surface area (Å²) in [5.74, 6) is 0. The lowest BCUT2D eigenvalue weighted by atomic mass is 9.81. The van der Waals surface area contributed by atoms with Crippen LogP contribution in [0.3, 0.4) is 0 Å². The summed E-state index contributed by atoms with van der Waals surface area (Å²) in [5, 5.41) is 3.40. The van der Waals surface area contributed by atoms with Gasteiger partial charge in [0.25, 0.3) is 0 Å². The van der Waals surface area contributed by atoms with Crippen LogP contribution >= 0.6 is 0 Å². The minimum atomic E-state index is 0.185. The summed E-state index contributed by atoms with van der Waals surface area (Å²) >= 11 is 0. The normalized spacial score (nSPS) is 22.5. The molecule has 1 atom stereocenters. The molecule has 2 heteroatoms. The van der Waals surface area contributed by atoms with Crippen LogP contribution in [0.15, 0.2) is 30.3 Å². The molecule has 1 fully saturated rings. The van der Waals surface area contributed by atoms with Gasteiger partial charge in [-0.05, 0) is 50.4 Å². The zero-order valence-corrected chi connectivity index (χ0v) is 14.3. The summed E-state index contributed by atoms with van der Waals surface area (Å²) in [7, 11) is 2.06. The van der Waals surface area contributed by atoms with Crippen LogP contribution in [0.2, 0.25) is 0 Å². The number of nitrogens with one attached hydrogen (secondary N) is 1. The van der Waals surface area contributed by atoms with Crippen LogP contribution in [0, 0.1) is 5.41 Å². The number of likely N-dealkylation sites (N-methyl/N-ethyl adjacent to an activating group) is 1. The van der Waals surface area contributed by atoms with E-state index >= 15 is 0 Å². The van der Waals surface area contributed by atoms with E-state index in [1.807, 2.05) is 0 Å². The molecule has 0 aliphatic carbocycles. The molecule has 1 aromatic carbocycles. The monoisotopic (exact) mass is 288 g/mol. The lowest BCUT2D eigenvalue weighted by Gasteiger charge is -2.36. The van der Waals surface area contributed by atoms with Gasteiger partial charge in [-0.2, -0.15) is 0 Å². The second-order valence-corrected chi connectivity index (χ2v) is 7.75. The third-order valence-corrected chi connectivity index (χ3v) is 5.04. The molecule has 0 bridgehead atoms. The average Bonchev–Trinajstić information content (AvgIpc) is 2.61. The zero-order chi connectivity index (χ0) is 15.3. The predicted octanol–water partition coefficient (Wildman–Crippen LogP) is 3.68. The Hall–Kier alpha value is -0.860. The first kappa shape index (κ1) is 16.5. The third-order valence-electron chi connectivity index (χ3n) is 5.04. The number of likely N-dealkylation sites (tertiary alicyclic amines) is 1. The molecular formula is C19H32N2. The van der Waals surface area contributed by atoms with Gasteiger partial charge in [0.1, 0.15) is 0 Å². The van der Waals surface area contributed by atoms with E-state index in [1.54, 1.807) is 0 Å². The summed E-state index contributed by atoms with van der Waals surface area (Å²) in [4.78, 5) is 2.68. The van der Waals surface area contributed by atoms with E-state index in [0.29, 0.717) is 5.41 Å². The Labute approximate surface area is 130 Å². The van der Waals surface area contributed by atoms with Crippen LogP contribution in [-0.2, 0) is 5.41 Å². The van der Waals surface area contributed by atoms with Gasteiger partial charge in [-0.3, -0.25) is 0 Å². The van der Waals surface area contributed by atoms with Gasteiger partial charge in [0, 0.05) is 18.5 Å². The van der Waals surface area contributed by atoms with Crippen molar-refractivity contribution in [1.82, 2.24) is 10.2 Å².